The van der Waals surface area contributed by atoms with Crippen molar-refractivity contribution in [3.05, 3.63) is 17.0 Å². The number of hydrogen-bond acceptors (Lipinski definition) is 4. The molecule has 3 aliphatic rings. The van der Waals surface area contributed by atoms with Gasteiger partial charge in [0.25, 0.3) is 5.91 Å². The molecule has 0 unspecified atom stereocenters. The Morgan fingerprint density at radius 2 is 2.13 bits per heavy atom. The average Bonchev–Trinajstić information content (AvgIpc) is 3.22. The summed E-state index contributed by atoms with van der Waals surface area (Å²) >= 11 is 0. The molecule has 0 saturated carbocycles. The third-order valence-electron chi connectivity index (χ3n) is 5.39. The van der Waals surface area contributed by atoms with Gasteiger partial charge in [0.1, 0.15) is 5.60 Å². The predicted octanol–water partition coefficient (Wildman–Crippen LogP) is 1.35. The second-order valence-electron chi connectivity index (χ2n) is 6.74. The summed E-state index contributed by atoms with van der Waals surface area (Å²) in [6.07, 6.45) is 4.20. The standard InChI is InChI=1S/C16H22N4O3/c1-2-19-10-16(23-15(19)22)6-8-20(9-7-16)14(21)13-11-4-3-5-12(11)17-18-13/h2-10H2,1H3,(H,17,18). The molecule has 23 heavy (non-hydrogen) atoms. The molecule has 4 rings (SSSR count). The van der Waals surface area contributed by atoms with Crippen LogP contribution in [0.15, 0.2) is 0 Å². The predicted molar refractivity (Wildman–Crippen MR) is 82.2 cm³/mol. The molecule has 2 fully saturated rings. The highest BCUT2D eigenvalue weighted by molar-refractivity contribution is 5.94. The number of rotatable bonds is 2. The molecule has 1 N–H and O–H groups in total. The van der Waals surface area contributed by atoms with Crippen molar-refractivity contribution in [2.24, 2.45) is 0 Å². The number of H-pyrrole nitrogens is 1. The average molecular weight is 318 g/mol. The Bertz CT molecular complexity index is 646. The van der Waals surface area contributed by atoms with Crippen LogP contribution < -0.4 is 0 Å². The molecule has 1 aliphatic carbocycles. The van der Waals surface area contributed by atoms with Crippen LogP contribution in [0.4, 0.5) is 4.79 Å². The zero-order valence-corrected chi connectivity index (χ0v) is 13.4. The molecule has 2 saturated heterocycles. The zero-order valence-electron chi connectivity index (χ0n) is 13.4. The molecule has 0 atom stereocenters. The van der Waals surface area contributed by atoms with Crippen molar-refractivity contribution in [1.29, 1.82) is 0 Å². The van der Waals surface area contributed by atoms with Crippen LogP contribution in [0.5, 0.6) is 0 Å². The normalized spacial score (nSPS) is 22.6. The number of carbonyl (C=O) groups excluding carboxylic acids is 2. The number of ether oxygens (including phenoxy) is 1. The number of carbonyl (C=O) groups is 2. The SMILES string of the molecule is CCN1CC2(CCN(C(=O)c3n[nH]c4c3CCC4)CC2)OC1=O. The van der Waals surface area contributed by atoms with E-state index in [1.165, 1.54) is 0 Å². The van der Waals surface area contributed by atoms with Crippen molar-refractivity contribution in [3.63, 3.8) is 0 Å². The first-order valence-corrected chi connectivity index (χ1v) is 8.45. The van der Waals surface area contributed by atoms with Crippen LogP contribution in [-0.4, -0.2) is 63.8 Å². The highest BCUT2D eigenvalue weighted by Gasteiger charge is 2.47. The Morgan fingerprint density at radius 3 is 2.83 bits per heavy atom. The highest BCUT2D eigenvalue weighted by atomic mass is 16.6. The number of aromatic amines is 1. The molecule has 1 aromatic heterocycles. The van der Waals surface area contributed by atoms with Crippen molar-refractivity contribution >= 4 is 12.0 Å². The van der Waals surface area contributed by atoms with E-state index in [4.69, 9.17) is 4.74 Å². The summed E-state index contributed by atoms with van der Waals surface area (Å²) in [4.78, 5) is 28.1. The van der Waals surface area contributed by atoms with Crippen LogP contribution >= 0.6 is 0 Å². The number of aryl methyl sites for hydroxylation is 1. The van der Waals surface area contributed by atoms with Gasteiger partial charge >= 0.3 is 6.09 Å². The summed E-state index contributed by atoms with van der Waals surface area (Å²) < 4.78 is 5.61. The van der Waals surface area contributed by atoms with E-state index in [0.717, 1.165) is 30.5 Å². The minimum Gasteiger partial charge on any atom is -0.441 e. The van der Waals surface area contributed by atoms with Gasteiger partial charge in [-0.3, -0.25) is 9.89 Å². The van der Waals surface area contributed by atoms with E-state index in [9.17, 15) is 9.59 Å². The summed E-state index contributed by atoms with van der Waals surface area (Å²) in [7, 11) is 0. The fraction of sp³-hybridized carbons (Fsp3) is 0.688. The number of likely N-dealkylation sites (N-methyl/N-ethyl adjacent to an activating group) is 1. The molecule has 1 spiro atoms. The molecule has 1 aromatic rings. The second kappa shape index (κ2) is 5.25. The molecular formula is C16H22N4O3. The maximum absolute atomic E-state index is 12.7. The molecule has 0 aromatic carbocycles. The molecule has 2 aliphatic heterocycles. The minimum atomic E-state index is -0.405. The van der Waals surface area contributed by atoms with E-state index in [1.807, 2.05) is 11.8 Å². The molecule has 2 amide bonds. The number of likely N-dealkylation sites (tertiary alicyclic amines) is 1. The van der Waals surface area contributed by atoms with Gasteiger partial charge in [0.15, 0.2) is 5.69 Å². The van der Waals surface area contributed by atoms with Crippen LogP contribution in [0.25, 0.3) is 0 Å². The Balaban J connectivity index is 1.44. The van der Waals surface area contributed by atoms with Gasteiger partial charge in [0.2, 0.25) is 0 Å². The van der Waals surface area contributed by atoms with E-state index in [1.54, 1.807) is 4.90 Å². The maximum atomic E-state index is 12.7. The molecular weight excluding hydrogens is 296 g/mol. The first-order valence-electron chi connectivity index (χ1n) is 8.45. The minimum absolute atomic E-state index is 0.0101. The highest BCUT2D eigenvalue weighted by Crippen LogP contribution is 2.34. The van der Waals surface area contributed by atoms with E-state index in [2.05, 4.69) is 10.2 Å². The molecule has 124 valence electrons. The quantitative estimate of drug-likeness (QED) is 0.892. The smallest absolute Gasteiger partial charge is 0.410 e. The van der Waals surface area contributed by atoms with E-state index in [0.29, 0.717) is 44.7 Å². The first-order chi connectivity index (χ1) is 11.1. The van der Waals surface area contributed by atoms with Gasteiger partial charge in [0.05, 0.1) is 6.54 Å². The van der Waals surface area contributed by atoms with Gasteiger partial charge in [-0.1, -0.05) is 0 Å². The van der Waals surface area contributed by atoms with Crippen molar-refractivity contribution in [2.45, 2.75) is 44.6 Å². The lowest BCUT2D eigenvalue weighted by molar-refractivity contribution is 0.00295. The topological polar surface area (TPSA) is 78.5 Å². The fourth-order valence-electron chi connectivity index (χ4n) is 3.96. The number of piperidine rings is 1. The number of aromatic nitrogens is 2. The van der Waals surface area contributed by atoms with Gasteiger partial charge in [-0.25, -0.2) is 4.79 Å². The van der Waals surface area contributed by atoms with Crippen LogP contribution in [0.1, 0.15) is 47.9 Å². The Morgan fingerprint density at radius 1 is 1.35 bits per heavy atom. The first kappa shape index (κ1) is 14.5. The van der Waals surface area contributed by atoms with Gasteiger partial charge in [-0.05, 0) is 26.2 Å². The number of hydrogen-bond donors (Lipinski definition) is 1. The van der Waals surface area contributed by atoms with Crippen molar-refractivity contribution in [2.75, 3.05) is 26.2 Å². The zero-order chi connectivity index (χ0) is 16.0. The third-order valence-corrected chi connectivity index (χ3v) is 5.39. The van der Waals surface area contributed by atoms with Crippen LogP contribution in [-0.2, 0) is 17.6 Å². The van der Waals surface area contributed by atoms with E-state index >= 15 is 0 Å². The maximum Gasteiger partial charge on any atom is 0.410 e. The largest absolute Gasteiger partial charge is 0.441 e. The summed E-state index contributed by atoms with van der Waals surface area (Å²) in [5.41, 5.74) is 2.40. The third kappa shape index (κ3) is 2.29. The van der Waals surface area contributed by atoms with Gasteiger partial charge in [0, 0.05) is 43.7 Å². The Labute approximate surface area is 135 Å². The number of nitrogens with zero attached hydrogens (tertiary/aromatic N) is 3. The van der Waals surface area contributed by atoms with Crippen LogP contribution in [0.3, 0.4) is 0 Å². The van der Waals surface area contributed by atoms with Crippen molar-refractivity contribution in [3.8, 4) is 0 Å². The summed E-state index contributed by atoms with van der Waals surface area (Å²) in [6.45, 7) is 4.50. The fourth-order valence-corrected chi connectivity index (χ4v) is 3.96. The molecule has 0 bridgehead atoms. The number of amides is 2. The van der Waals surface area contributed by atoms with Crippen molar-refractivity contribution < 1.29 is 14.3 Å². The Kier molecular flexibility index (Phi) is 3.32. The van der Waals surface area contributed by atoms with Gasteiger partial charge in [-0.15, -0.1) is 0 Å². The van der Waals surface area contributed by atoms with E-state index in [-0.39, 0.29) is 12.0 Å². The lowest BCUT2D eigenvalue weighted by Gasteiger charge is -2.37. The number of nitrogens with one attached hydrogen (secondary N) is 1. The lowest BCUT2D eigenvalue weighted by atomic mass is 9.91. The van der Waals surface area contributed by atoms with Crippen LogP contribution in [0.2, 0.25) is 0 Å². The molecule has 7 nitrogen and oxygen atoms in total. The van der Waals surface area contributed by atoms with E-state index < -0.39 is 5.60 Å². The second-order valence-corrected chi connectivity index (χ2v) is 6.74. The lowest BCUT2D eigenvalue weighted by Crippen LogP contribution is -2.49. The van der Waals surface area contributed by atoms with Gasteiger partial charge < -0.3 is 14.5 Å². The summed E-state index contributed by atoms with van der Waals surface area (Å²) in [5.74, 6) is 0.0101. The summed E-state index contributed by atoms with van der Waals surface area (Å²) in [6, 6.07) is 0. The molecule has 3 heterocycles. The molecule has 7 heteroatoms. The molecule has 0 radical (unpaired) electrons. The Hall–Kier alpha value is -2.05. The monoisotopic (exact) mass is 318 g/mol. The summed E-state index contributed by atoms with van der Waals surface area (Å²) in [5, 5.41) is 7.23. The van der Waals surface area contributed by atoms with Crippen molar-refractivity contribution in [1.82, 2.24) is 20.0 Å². The van der Waals surface area contributed by atoms with Crippen LogP contribution in [0, 0.1) is 0 Å². The number of fused-ring (bicyclic) bond motifs is 1. The van der Waals surface area contributed by atoms with Gasteiger partial charge in [-0.2, -0.15) is 5.10 Å².